The van der Waals surface area contributed by atoms with Gasteiger partial charge in [-0.25, -0.2) is 4.79 Å². The summed E-state index contributed by atoms with van der Waals surface area (Å²) in [5, 5.41) is 12.2. The summed E-state index contributed by atoms with van der Waals surface area (Å²) in [6.45, 7) is 7.01. The van der Waals surface area contributed by atoms with Crippen LogP contribution in [0.4, 0.5) is 4.79 Å². The van der Waals surface area contributed by atoms with Gasteiger partial charge in [-0.05, 0) is 50.1 Å². The minimum atomic E-state index is -1.15. The quantitative estimate of drug-likeness (QED) is 0.650. The SMILES string of the molecule is CNC(=O)C(OC(=O)NCCC1(CC(C)C)CCNCC1)c1ccno1. The molecule has 2 amide bonds. The Morgan fingerprint density at radius 1 is 1.38 bits per heavy atom. The predicted octanol–water partition coefficient (Wildman–Crippen LogP) is 1.99. The molecule has 0 bridgehead atoms. The number of nitrogens with one attached hydrogen (secondary N) is 3. The van der Waals surface area contributed by atoms with Crippen molar-refractivity contribution in [3.8, 4) is 0 Å². The van der Waals surface area contributed by atoms with Crippen LogP contribution in [0, 0.1) is 11.3 Å². The van der Waals surface area contributed by atoms with Crippen molar-refractivity contribution in [2.45, 2.75) is 45.6 Å². The molecule has 0 saturated carbocycles. The first-order chi connectivity index (χ1) is 12.5. The van der Waals surface area contributed by atoms with E-state index >= 15 is 0 Å². The van der Waals surface area contributed by atoms with E-state index in [0.29, 0.717) is 12.5 Å². The molecule has 0 spiro atoms. The van der Waals surface area contributed by atoms with Crippen LogP contribution in [-0.4, -0.2) is 43.8 Å². The van der Waals surface area contributed by atoms with E-state index in [0.717, 1.165) is 38.8 Å². The summed E-state index contributed by atoms with van der Waals surface area (Å²) >= 11 is 0. The Labute approximate surface area is 154 Å². The Morgan fingerprint density at radius 2 is 2.12 bits per heavy atom. The van der Waals surface area contributed by atoms with E-state index in [9.17, 15) is 9.59 Å². The van der Waals surface area contributed by atoms with Crippen LogP contribution in [-0.2, 0) is 9.53 Å². The van der Waals surface area contributed by atoms with Crippen molar-refractivity contribution in [2.24, 2.45) is 11.3 Å². The molecule has 0 aliphatic carbocycles. The van der Waals surface area contributed by atoms with Gasteiger partial charge < -0.3 is 25.2 Å². The van der Waals surface area contributed by atoms with Gasteiger partial charge >= 0.3 is 6.09 Å². The lowest BCUT2D eigenvalue weighted by atomic mass is 9.71. The summed E-state index contributed by atoms with van der Waals surface area (Å²) in [5.41, 5.74) is 0.248. The van der Waals surface area contributed by atoms with Crippen LogP contribution in [0.25, 0.3) is 0 Å². The van der Waals surface area contributed by atoms with Gasteiger partial charge in [0.2, 0.25) is 6.10 Å². The van der Waals surface area contributed by atoms with Crippen LogP contribution < -0.4 is 16.0 Å². The number of amides is 2. The standard InChI is InChI=1S/C18H30N4O4/c1-13(2)12-18(5-9-20-10-6-18)7-11-21-17(24)25-15(16(23)19-3)14-4-8-22-26-14/h4,8,13,15,20H,5-7,9-12H2,1-3H3,(H,19,23)(H,21,24). The molecule has 1 saturated heterocycles. The summed E-state index contributed by atoms with van der Waals surface area (Å²) in [7, 11) is 1.47. The summed E-state index contributed by atoms with van der Waals surface area (Å²) in [4.78, 5) is 24.1. The van der Waals surface area contributed by atoms with Gasteiger partial charge in [-0.3, -0.25) is 4.79 Å². The predicted molar refractivity (Wildman–Crippen MR) is 96.4 cm³/mol. The summed E-state index contributed by atoms with van der Waals surface area (Å²) in [6.07, 6.45) is 3.88. The van der Waals surface area contributed by atoms with Crippen LogP contribution in [0.3, 0.4) is 0 Å². The van der Waals surface area contributed by atoms with Gasteiger partial charge in [-0.15, -0.1) is 0 Å². The molecule has 3 N–H and O–H groups in total. The molecule has 146 valence electrons. The Morgan fingerprint density at radius 3 is 2.69 bits per heavy atom. The lowest BCUT2D eigenvalue weighted by Crippen LogP contribution is -2.40. The number of rotatable bonds is 8. The molecule has 1 aromatic rings. The third kappa shape index (κ3) is 5.72. The minimum Gasteiger partial charge on any atom is -0.428 e. The number of carbonyl (C=O) groups is 2. The average molecular weight is 366 g/mol. The van der Waals surface area contributed by atoms with Crippen molar-refractivity contribution in [1.29, 1.82) is 0 Å². The topological polar surface area (TPSA) is 105 Å². The molecular weight excluding hydrogens is 336 g/mol. The van der Waals surface area contributed by atoms with E-state index in [-0.39, 0.29) is 11.2 Å². The van der Waals surface area contributed by atoms with Gasteiger partial charge in [0.05, 0.1) is 6.20 Å². The molecule has 1 atom stereocenters. The van der Waals surface area contributed by atoms with Crippen molar-refractivity contribution >= 4 is 12.0 Å². The van der Waals surface area contributed by atoms with Gasteiger partial charge in [0.25, 0.3) is 5.91 Å². The first-order valence-corrected chi connectivity index (χ1v) is 9.23. The maximum atomic E-state index is 12.1. The molecule has 8 nitrogen and oxygen atoms in total. The fraction of sp³-hybridized carbons (Fsp3) is 0.722. The second kappa shape index (κ2) is 9.56. The van der Waals surface area contributed by atoms with Crippen LogP contribution >= 0.6 is 0 Å². The number of hydrogen-bond donors (Lipinski definition) is 3. The third-order valence-electron chi connectivity index (χ3n) is 4.86. The highest BCUT2D eigenvalue weighted by Crippen LogP contribution is 2.38. The second-order valence-electron chi connectivity index (χ2n) is 7.34. The van der Waals surface area contributed by atoms with E-state index in [1.165, 1.54) is 19.3 Å². The molecule has 1 unspecified atom stereocenters. The maximum Gasteiger partial charge on any atom is 0.408 e. The smallest absolute Gasteiger partial charge is 0.408 e. The fourth-order valence-corrected chi connectivity index (χ4v) is 3.69. The van der Waals surface area contributed by atoms with Crippen LogP contribution in [0.2, 0.25) is 0 Å². The van der Waals surface area contributed by atoms with Crippen LogP contribution in [0.5, 0.6) is 0 Å². The van der Waals surface area contributed by atoms with Crippen molar-refractivity contribution in [2.75, 3.05) is 26.7 Å². The van der Waals surface area contributed by atoms with Gasteiger partial charge in [0, 0.05) is 19.7 Å². The summed E-state index contributed by atoms with van der Waals surface area (Å²) < 4.78 is 10.2. The largest absolute Gasteiger partial charge is 0.428 e. The van der Waals surface area contributed by atoms with Gasteiger partial charge in [0.15, 0.2) is 5.76 Å². The Bertz CT molecular complexity index is 568. The zero-order valence-electron chi connectivity index (χ0n) is 15.8. The first kappa shape index (κ1) is 20.2. The van der Waals surface area contributed by atoms with Crippen molar-refractivity contribution in [3.05, 3.63) is 18.0 Å². The summed E-state index contributed by atoms with van der Waals surface area (Å²) in [5.74, 6) is 0.338. The normalized spacial score (nSPS) is 17.5. The van der Waals surface area contributed by atoms with E-state index in [4.69, 9.17) is 9.26 Å². The molecule has 0 aromatic carbocycles. The zero-order chi connectivity index (χ0) is 19.0. The van der Waals surface area contributed by atoms with Crippen molar-refractivity contribution in [1.82, 2.24) is 21.1 Å². The van der Waals surface area contributed by atoms with E-state index in [1.54, 1.807) is 0 Å². The third-order valence-corrected chi connectivity index (χ3v) is 4.86. The highest BCUT2D eigenvalue weighted by molar-refractivity contribution is 5.83. The van der Waals surface area contributed by atoms with Crippen molar-refractivity contribution in [3.63, 3.8) is 0 Å². The molecule has 2 rings (SSSR count). The average Bonchev–Trinajstić information content (AvgIpc) is 3.13. The number of piperidine rings is 1. The minimum absolute atomic E-state index is 0.189. The van der Waals surface area contributed by atoms with Gasteiger partial charge in [0.1, 0.15) is 0 Å². The molecule has 8 heteroatoms. The fourth-order valence-electron chi connectivity index (χ4n) is 3.69. The molecular formula is C18H30N4O4. The van der Waals surface area contributed by atoms with Crippen LogP contribution in [0.15, 0.2) is 16.8 Å². The number of aromatic nitrogens is 1. The number of carbonyl (C=O) groups excluding carboxylic acids is 2. The molecule has 1 aliphatic rings. The Balaban J connectivity index is 1.87. The van der Waals surface area contributed by atoms with Crippen molar-refractivity contribution < 1.29 is 18.8 Å². The molecule has 1 aromatic heterocycles. The van der Waals surface area contributed by atoms with Gasteiger partial charge in [-0.1, -0.05) is 19.0 Å². The lowest BCUT2D eigenvalue weighted by Gasteiger charge is -2.39. The van der Waals surface area contributed by atoms with E-state index < -0.39 is 18.1 Å². The number of nitrogens with zero attached hydrogens (tertiary/aromatic N) is 1. The molecule has 1 aliphatic heterocycles. The molecule has 26 heavy (non-hydrogen) atoms. The highest BCUT2D eigenvalue weighted by Gasteiger charge is 2.33. The molecule has 1 fully saturated rings. The van der Waals surface area contributed by atoms with Gasteiger partial charge in [-0.2, -0.15) is 0 Å². The monoisotopic (exact) mass is 366 g/mol. The molecule has 0 radical (unpaired) electrons. The Hall–Kier alpha value is -2.09. The number of alkyl carbamates (subject to hydrolysis) is 1. The number of likely N-dealkylation sites (N-methyl/N-ethyl adjacent to an activating group) is 1. The van der Waals surface area contributed by atoms with E-state index in [2.05, 4.69) is 35.0 Å². The number of ether oxygens (including phenoxy) is 1. The number of hydrogen-bond acceptors (Lipinski definition) is 6. The lowest BCUT2D eigenvalue weighted by molar-refractivity contribution is -0.130. The van der Waals surface area contributed by atoms with E-state index in [1.807, 2.05) is 0 Å². The Kier molecular flexibility index (Phi) is 7.44. The first-order valence-electron chi connectivity index (χ1n) is 9.23. The van der Waals surface area contributed by atoms with Crippen LogP contribution in [0.1, 0.15) is 51.4 Å². The summed E-state index contributed by atoms with van der Waals surface area (Å²) in [6, 6.07) is 1.50. The zero-order valence-corrected chi connectivity index (χ0v) is 15.8. The highest BCUT2D eigenvalue weighted by atomic mass is 16.6. The second-order valence-corrected chi connectivity index (χ2v) is 7.34. The maximum absolute atomic E-state index is 12.1. The molecule has 2 heterocycles.